The number of nitrogens with one attached hydrogen (secondary N) is 2. The van der Waals surface area contributed by atoms with Crippen LogP contribution < -0.4 is 19.1 Å². The zero-order valence-corrected chi connectivity index (χ0v) is 21.3. The first-order valence-electron chi connectivity index (χ1n) is 11.6. The Bertz CT molecular complexity index is 1090. The van der Waals surface area contributed by atoms with Crippen LogP contribution in [0.2, 0.25) is 0 Å². The Morgan fingerprint density at radius 2 is 1.94 bits per heavy atom. The maximum Gasteiger partial charge on any atom is 0.422 e. The number of carbonyl (C=O) groups is 1. The predicted octanol–water partition coefficient (Wildman–Crippen LogP) is 3.24. The lowest BCUT2D eigenvalue weighted by atomic mass is 9.83. The van der Waals surface area contributed by atoms with Crippen LogP contribution in [0, 0.1) is 11.8 Å². The molecule has 188 valence electrons. The minimum atomic E-state index is -3.99. The summed E-state index contributed by atoms with van der Waals surface area (Å²) in [6.45, 7) is 8.98. The number of aromatic nitrogens is 2. The van der Waals surface area contributed by atoms with Crippen LogP contribution in [0.5, 0.6) is 5.75 Å². The number of benzene rings is 1. The minimum Gasteiger partial charge on any atom is -0.497 e. The summed E-state index contributed by atoms with van der Waals surface area (Å²) in [6.07, 6.45) is 3.25. The lowest BCUT2D eigenvalue weighted by Gasteiger charge is -2.36. The summed E-state index contributed by atoms with van der Waals surface area (Å²) in [4.78, 5) is 23.0. The fraction of sp³-hybridized carbons (Fsp3) is 0.609. The highest BCUT2D eigenvalue weighted by Gasteiger charge is 2.29. The number of fused-ring (bicyclic) bond motifs is 1. The van der Waals surface area contributed by atoms with Gasteiger partial charge >= 0.3 is 16.3 Å². The molecule has 11 heteroatoms. The number of carbonyl (C=O) groups excluding carboxylic acids is 1. The lowest BCUT2D eigenvalue weighted by Crippen LogP contribution is -2.45. The summed E-state index contributed by atoms with van der Waals surface area (Å²) in [5.74, 6) is 2.18. The van der Waals surface area contributed by atoms with E-state index in [9.17, 15) is 13.2 Å². The van der Waals surface area contributed by atoms with E-state index in [2.05, 4.69) is 26.5 Å². The zero-order valence-electron chi connectivity index (χ0n) is 20.5. The second-order valence-electron chi connectivity index (χ2n) is 9.53. The van der Waals surface area contributed by atoms with E-state index in [1.807, 2.05) is 22.9 Å². The topological polar surface area (TPSA) is 123 Å². The first-order valence-corrected chi connectivity index (χ1v) is 13.0. The van der Waals surface area contributed by atoms with Gasteiger partial charge in [-0.3, -0.25) is 0 Å². The van der Waals surface area contributed by atoms with Crippen LogP contribution in [0.3, 0.4) is 0 Å². The molecule has 0 radical (unpaired) electrons. The third-order valence-electron chi connectivity index (χ3n) is 6.00. The number of nitrogens with zero attached hydrogens (tertiary/aromatic N) is 3. The molecule has 1 aromatic carbocycles. The smallest absolute Gasteiger partial charge is 0.422 e. The Kier molecular flexibility index (Phi) is 8.19. The van der Waals surface area contributed by atoms with Crippen LogP contribution >= 0.6 is 0 Å². The molecule has 1 aromatic heterocycles. The maximum absolute atomic E-state index is 12.3. The van der Waals surface area contributed by atoms with Gasteiger partial charge in [-0.2, -0.15) is 13.1 Å². The fourth-order valence-electron chi connectivity index (χ4n) is 4.29. The number of hydrogen-bond donors (Lipinski definition) is 2. The first kappa shape index (κ1) is 26.0. The number of hydrogen-bond acceptors (Lipinski definition) is 8. The van der Waals surface area contributed by atoms with Crippen LogP contribution in [0.4, 0.5) is 10.6 Å². The molecule has 0 aliphatic carbocycles. The summed E-state index contributed by atoms with van der Waals surface area (Å²) in [5, 5.41) is 0.981. The molecule has 2 aromatic rings. The van der Waals surface area contributed by atoms with Gasteiger partial charge in [0.15, 0.2) is 0 Å². The van der Waals surface area contributed by atoms with Gasteiger partial charge in [-0.25, -0.2) is 19.5 Å². The number of methoxy groups -OCH3 is 1. The molecular formula is C23H35N5O5S. The summed E-state index contributed by atoms with van der Waals surface area (Å²) in [5.41, 5.74) is 0.0606. The van der Waals surface area contributed by atoms with Crippen molar-refractivity contribution in [2.45, 2.75) is 52.6 Å². The van der Waals surface area contributed by atoms with E-state index in [0.717, 1.165) is 54.8 Å². The van der Waals surface area contributed by atoms with Crippen molar-refractivity contribution in [3.63, 3.8) is 0 Å². The number of anilines is 1. The van der Waals surface area contributed by atoms with Gasteiger partial charge in [-0.1, -0.05) is 13.3 Å². The van der Waals surface area contributed by atoms with Gasteiger partial charge in [0.25, 0.3) is 0 Å². The Labute approximate surface area is 201 Å². The standard InChI is InChI=1S/C23H35N5O5S/c1-6-16(14-26-34(30,31)27-22(29)33-23(2,3)4)17-9-11-28(12-10-17)21-19-8-7-18(32-5)13-20(19)24-15-25-21/h7-8,13,15-17,26H,6,9-12,14H2,1-5H3,(H,27,29). The number of ether oxygens (including phenoxy) is 2. The highest BCUT2D eigenvalue weighted by molar-refractivity contribution is 7.88. The van der Waals surface area contributed by atoms with Gasteiger partial charge in [-0.15, -0.1) is 0 Å². The van der Waals surface area contributed by atoms with Gasteiger partial charge in [0.1, 0.15) is 23.5 Å². The van der Waals surface area contributed by atoms with Crippen molar-refractivity contribution in [3.05, 3.63) is 24.5 Å². The SMILES string of the molecule is CCC(CNS(=O)(=O)NC(=O)OC(C)(C)C)C1CCN(c2ncnc3cc(OC)ccc23)CC1. The minimum absolute atomic E-state index is 0.156. The molecule has 1 amide bonds. The summed E-state index contributed by atoms with van der Waals surface area (Å²) in [7, 11) is -2.36. The monoisotopic (exact) mass is 493 g/mol. The Morgan fingerprint density at radius 3 is 2.56 bits per heavy atom. The molecule has 1 saturated heterocycles. The highest BCUT2D eigenvalue weighted by atomic mass is 32.2. The van der Waals surface area contributed by atoms with Crippen LogP contribution in [0.15, 0.2) is 24.5 Å². The van der Waals surface area contributed by atoms with E-state index < -0.39 is 21.9 Å². The molecule has 1 atom stereocenters. The summed E-state index contributed by atoms with van der Waals surface area (Å²) < 4.78 is 39.3. The van der Waals surface area contributed by atoms with Crippen molar-refractivity contribution in [2.75, 3.05) is 31.6 Å². The highest BCUT2D eigenvalue weighted by Crippen LogP contribution is 2.32. The molecule has 1 aliphatic heterocycles. The molecule has 3 rings (SSSR count). The third kappa shape index (κ3) is 6.92. The molecule has 0 bridgehead atoms. The van der Waals surface area contributed by atoms with Gasteiger partial charge in [0, 0.05) is 31.1 Å². The quantitative estimate of drug-likeness (QED) is 0.575. The van der Waals surface area contributed by atoms with E-state index in [1.54, 1.807) is 34.2 Å². The largest absolute Gasteiger partial charge is 0.497 e. The number of rotatable bonds is 8. The zero-order chi connectivity index (χ0) is 24.9. The van der Waals surface area contributed by atoms with Crippen molar-refractivity contribution in [1.29, 1.82) is 0 Å². The van der Waals surface area contributed by atoms with Crippen molar-refractivity contribution in [2.24, 2.45) is 11.8 Å². The molecule has 34 heavy (non-hydrogen) atoms. The van der Waals surface area contributed by atoms with Crippen LogP contribution in [0.25, 0.3) is 10.9 Å². The fourth-order valence-corrected chi connectivity index (χ4v) is 5.06. The predicted molar refractivity (Wildman–Crippen MR) is 131 cm³/mol. The number of amides is 1. The van der Waals surface area contributed by atoms with Crippen LogP contribution in [-0.4, -0.2) is 56.8 Å². The first-order chi connectivity index (χ1) is 16.0. The van der Waals surface area contributed by atoms with Crippen molar-refractivity contribution >= 4 is 33.0 Å². The molecule has 10 nitrogen and oxygen atoms in total. The van der Waals surface area contributed by atoms with Gasteiger partial charge in [0.2, 0.25) is 0 Å². The second-order valence-corrected chi connectivity index (χ2v) is 11.0. The molecule has 0 saturated carbocycles. The van der Waals surface area contributed by atoms with Crippen LogP contribution in [-0.2, 0) is 14.9 Å². The Balaban J connectivity index is 1.57. The lowest BCUT2D eigenvalue weighted by molar-refractivity contribution is 0.0569. The number of piperidine rings is 1. The van der Waals surface area contributed by atoms with E-state index in [-0.39, 0.29) is 12.5 Å². The van der Waals surface area contributed by atoms with E-state index in [4.69, 9.17) is 9.47 Å². The van der Waals surface area contributed by atoms with Crippen molar-refractivity contribution < 1.29 is 22.7 Å². The van der Waals surface area contributed by atoms with E-state index in [1.165, 1.54) is 0 Å². The van der Waals surface area contributed by atoms with Crippen LogP contribution in [0.1, 0.15) is 47.0 Å². The Hall–Kier alpha value is -2.66. The van der Waals surface area contributed by atoms with Gasteiger partial charge in [-0.05, 0) is 57.6 Å². The molecule has 2 heterocycles. The molecule has 1 fully saturated rings. The average Bonchev–Trinajstić information content (AvgIpc) is 2.77. The molecule has 1 aliphatic rings. The normalized spacial score (nSPS) is 16.3. The molecular weight excluding hydrogens is 458 g/mol. The maximum atomic E-state index is 12.3. The third-order valence-corrected chi connectivity index (χ3v) is 6.99. The second kappa shape index (κ2) is 10.7. The van der Waals surface area contributed by atoms with Crippen molar-refractivity contribution in [3.8, 4) is 5.75 Å². The molecule has 0 spiro atoms. The summed E-state index contributed by atoms with van der Waals surface area (Å²) >= 11 is 0. The van der Waals surface area contributed by atoms with Crippen molar-refractivity contribution in [1.82, 2.24) is 19.4 Å². The van der Waals surface area contributed by atoms with E-state index >= 15 is 0 Å². The summed E-state index contributed by atoms with van der Waals surface area (Å²) in [6, 6.07) is 5.79. The van der Waals surface area contributed by atoms with Gasteiger partial charge < -0.3 is 14.4 Å². The molecule has 2 N–H and O–H groups in total. The molecule has 1 unspecified atom stereocenters. The van der Waals surface area contributed by atoms with E-state index in [0.29, 0.717) is 5.92 Å². The van der Waals surface area contributed by atoms with Gasteiger partial charge in [0.05, 0.1) is 12.6 Å². The average molecular weight is 494 g/mol. The Morgan fingerprint density at radius 1 is 1.24 bits per heavy atom.